The average Bonchev–Trinajstić information content (AvgIpc) is 2.62. The fourth-order valence-corrected chi connectivity index (χ4v) is 2.69. The van der Waals surface area contributed by atoms with Crippen molar-refractivity contribution in [3.05, 3.63) is 95.6 Å². The van der Waals surface area contributed by atoms with Gasteiger partial charge in [-0.05, 0) is 47.4 Å². The number of hydrogen-bond acceptors (Lipinski definition) is 3. The zero-order chi connectivity index (χ0) is 18.9. The Morgan fingerprint density at radius 2 is 1.12 bits per heavy atom. The highest BCUT2D eigenvalue weighted by Gasteiger charge is 2.15. The van der Waals surface area contributed by atoms with Gasteiger partial charge in [0.25, 0.3) is 0 Å². The largest absolute Gasteiger partial charge is 0.508 e. The van der Waals surface area contributed by atoms with Crippen molar-refractivity contribution >= 4 is 6.16 Å². The fourth-order valence-electron chi connectivity index (χ4n) is 2.69. The SMILES string of the molecule is O=C(O)O.Oc1ccc(CC(c2ccccc2)c2ccc(O)cc2)cc1. The molecule has 0 aromatic heterocycles. The van der Waals surface area contributed by atoms with Gasteiger partial charge in [0.1, 0.15) is 11.5 Å². The highest BCUT2D eigenvalue weighted by molar-refractivity contribution is 5.53. The standard InChI is InChI=1S/C20H18O2.CH2O3/c21-18-10-6-15(7-11-18)14-20(16-4-2-1-3-5-16)17-8-12-19(22)13-9-17;2-1(3)4/h1-13,20-22H,14H2;(H2,2,3,4). The topological polar surface area (TPSA) is 98.0 Å². The lowest BCUT2D eigenvalue weighted by Gasteiger charge is -2.18. The van der Waals surface area contributed by atoms with Crippen LogP contribution in [0.2, 0.25) is 0 Å². The van der Waals surface area contributed by atoms with Crippen LogP contribution in [0.15, 0.2) is 78.9 Å². The number of hydrogen-bond donors (Lipinski definition) is 4. The number of phenolic OH excluding ortho intramolecular Hbond substituents is 2. The van der Waals surface area contributed by atoms with Gasteiger partial charge in [-0.25, -0.2) is 4.79 Å². The predicted molar refractivity (Wildman–Crippen MR) is 98.9 cm³/mol. The van der Waals surface area contributed by atoms with E-state index in [0.717, 1.165) is 12.0 Å². The molecule has 0 heterocycles. The average molecular weight is 352 g/mol. The van der Waals surface area contributed by atoms with Gasteiger partial charge in [0.15, 0.2) is 0 Å². The summed E-state index contributed by atoms with van der Waals surface area (Å²) in [5.74, 6) is 0.774. The molecule has 0 aliphatic rings. The minimum absolute atomic E-state index is 0.214. The van der Waals surface area contributed by atoms with Gasteiger partial charge in [-0.15, -0.1) is 0 Å². The minimum Gasteiger partial charge on any atom is -0.508 e. The molecular weight excluding hydrogens is 332 g/mol. The first kappa shape index (κ1) is 18.9. The Hall–Kier alpha value is -3.47. The lowest BCUT2D eigenvalue weighted by Crippen LogP contribution is -2.05. The maximum Gasteiger partial charge on any atom is 0.503 e. The molecular formula is C21H20O5. The second-order valence-corrected chi connectivity index (χ2v) is 5.71. The molecule has 5 heteroatoms. The second-order valence-electron chi connectivity index (χ2n) is 5.71. The van der Waals surface area contributed by atoms with Gasteiger partial charge in [0.2, 0.25) is 0 Å². The summed E-state index contributed by atoms with van der Waals surface area (Å²) in [6.45, 7) is 0. The molecule has 3 aromatic carbocycles. The van der Waals surface area contributed by atoms with E-state index in [4.69, 9.17) is 15.0 Å². The third kappa shape index (κ3) is 5.87. The van der Waals surface area contributed by atoms with Gasteiger partial charge in [0.05, 0.1) is 0 Å². The molecule has 0 amide bonds. The normalized spacial score (nSPS) is 11.1. The molecule has 134 valence electrons. The Kier molecular flexibility index (Phi) is 6.62. The molecule has 0 bridgehead atoms. The van der Waals surface area contributed by atoms with Crippen LogP contribution in [0, 0.1) is 0 Å². The molecule has 1 atom stereocenters. The molecule has 0 saturated carbocycles. The van der Waals surface area contributed by atoms with Crippen LogP contribution in [0.3, 0.4) is 0 Å². The molecule has 5 nitrogen and oxygen atoms in total. The summed E-state index contributed by atoms with van der Waals surface area (Å²) in [6, 6.07) is 25.1. The smallest absolute Gasteiger partial charge is 0.503 e. The molecule has 0 spiro atoms. The quantitative estimate of drug-likeness (QED) is 0.546. The first-order valence-electron chi connectivity index (χ1n) is 7.99. The van der Waals surface area contributed by atoms with Crippen molar-refractivity contribution < 1.29 is 25.2 Å². The Morgan fingerprint density at radius 3 is 1.62 bits per heavy atom. The van der Waals surface area contributed by atoms with Crippen LogP contribution in [0.25, 0.3) is 0 Å². The van der Waals surface area contributed by atoms with E-state index in [1.54, 1.807) is 24.3 Å². The van der Waals surface area contributed by atoms with Gasteiger partial charge in [-0.1, -0.05) is 54.6 Å². The Bertz CT molecular complexity index is 807. The van der Waals surface area contributed by atoms with Crippen LogP contribution in [-0.4, -0.2) is 26.6 Å². The molecule has 0 saturated heterocycles. The first-order chi connectivity index (χ1) is 12.5. The second kappa shape index (κ2) is 9.13. The van der Waals surface area contributed by atoms with Crippen LogP contribution >= 0.6 is 0 Å². The number of benzene rings is 3. The summed E-state index contributed by atoms with van der Waals surface area (Å²) in [4.78, 5) is 8.56. The van der Waals surface area contributed by atoms with Gasteiger partial charge < -0.3 is 20.4 Å². The molecule has 4 N–H and O–H groups in total. The van der Waals surface area contributed by atoms with Gasteiger partial charge in [0, 0.05) is 5.92 Å². The Labute approximate surface area is 151 Å². The summed E-state index contributed by atoms with van der Waals surface area (Å²) in [7, 11) is 0. The monoisotopic (exact) mass is 352 g/mol. The lowest BCUT2D eigenvalue weighted by atomic mass is 9.86. The predicted octanol–water partition coefficient (Wildman–Crippen LogP) is 4.69. The van der Waals surface area contributed by atoms with Crippen LogP contribution in [0.5, 0.6) is 11.5 Å². The fraction of sp³-hybridized carbons (Fsp3) is 0.0952. The maximum absolute atomic E-state index is 9.50. The lowest BCUT2D eigenvalue weighted by molar-refractivity contribution is 0.137. The number of aromatic hydroxyl groups is 2. The zero-order valence-corrected chi connectivity index (χ0v) is 14.0. The highest BCUT2D eigenvalue weighted by atomic mass is 16.6. The van der Waals surface area contributed by atoms with E-state index in [0.29, 0.717) is 0 Å². The molecule has 1 unspecified atom stereocenters. The minimum atomic E-state index is -1.83. The van der Waals surface area contributed by atoms with E-state index in [2.05, 4.69) is 12.1 Å². The summed E-state index contributed by atoms with van der Waals surface area (Å²) in [5.41, 5.74) is 3.57. The molecule has 0 aliphatic carbocycles. The van der Waals surface area contributed by atoms with Crippen molar-refractivity contribution in [2.24, 2.45) is 0 Å². The molecule has 0 aliphatic heterocycles. The van der Waals surface area contributed by atoms with Crippen LogP contribution < -0.4 is 0 Å². The van der Waals surface area contributed by atoms with E-state index in [-0.39, 0.29) is 17.4 Å². The number of carboxylic acid groups (broad SMARTS) is 2. The van der Waals surface area contributed by atoms with Crippen molar-refractivity contribution in [3.8, 4) is 11.5 Å². The van der Waals surface area contributed by atoms with Crippen LogP contribution in [0.4, 0.5) is 4.79 Å². The number of phenols is 2. The summed E-state index contributed by atoms with van der Waals surface area (Å²) in [5, 5.41) is 32.9. The summed E-state index contributed by atoms with van der Waals surface area (Å²) < 4.78 is 0. The van der Waals surface area contributed by atoms with Crippen molar-refractivity contribution in [2.75, 3.05) is 0 Å². The van der Waals surface area contributed by atoms with Crippen molar-refractivity contribution in [2.45, 2.75) is 12.3 Å². The van der Waals surface area contributed by atoms with Gasteiger partial charge >= 0.3 is 6.16 Å². The summed E-state index contributed by atoms with van der Waals surface area (Å²) >= 11 is 0. The zero-order valence-electron chi connectivity index (χ0n) is 14.0. The van der Waals surface area contributed by atoms with Crippen molar-refractivity contribution in [1.29, 1.82) is 0 Å². The first-order valence-corrected chi connectivity index (χ1v) is 7.99. The van der Waals surface area contributed by atoms with E-state index >= 15 is 0 Å². The number of carbonyl (C=O) groups is 1. The van der Waals surface area contributed by atoms with E-state index in [1.807, 2.05) is 42.5 Å². The van der Waals surface area contributed by atoms with E-state index in [9.17, 15) is 10.2 Å². The van der Waals surface area contributed by atoms with E-state index < -0.39 is 6.16 Å². The van der Waals surface area contributed by atoms with Crippen LogP contribution in [0.1, 0.15) is 22.6 Å². The molecule has 0 fully saturated rings. The van der Waals surface area contributed by atoms with Crippen LogP contribution in [-0.2, 0) is 6.42 Å². The Morgan fingerprint density at radius 1 is 0.692 bits per heavy atom. The van der Waals surface area contributed by atoms with Crippen molar-refractivity contribution in [1.82, 2.24) is 0 Å². The third-order valence-electron chi connectivity index (χ3n) is 3.87. The number of rotatable bonds is 4. The Balaban J connectivity index is 0.000000552. The van der Waals surface area contributed by atoms with Crippen molar-refractivity contribution in [3.63, 3.8) is 0 Å². The van der Waals surface area contributed by atoms with Gasteiger partial charge in [-0.3, -0.25) is 0 Å². The molecule has 26 heavy (non-hydrogen) atoms. The van der Waals surface area contributed by atoms with E-state index in [1.165, 1.54) is 11.1 Å². The summed E-state index contributed by atoms with van der Waals surface area (Å²) in [6.07, 6.45) is -0.991. The molecule has 3 aromatic rings. The molecule has 0 radical (unpaired) electrons. The highest BCUT2D eigenvalue weighted by Crippen LogP contribution is 2.30. The maximum atomic E-state index is 9.50. The van der Waals surface area contributed by atoms with Gasteiger partial charge in [-0.2, -0.15) is 0 Å². The molecule has 3 rings (SSSR count). The third-order valence-corrected chi connectivity index (χ3v) is 3.87.